The van der Waals surface area contributed by atoms with Crippen molar-refractivity contribution >= 4 is 0 Å². The smallest absolute Gasteiger partial charge is 0.493 e. The normalized spacial score (nSPS) is 11.4. The Balaban J connectivity index is 2.64. The molecule has 0 atom stereocenters. The maximum atomic E-state index is 11.8. The lowest BCUT2D eigenvalue weighted by molar-refractivity contribution is -0.325. The molecule has 2 N–H and O–H groups in total. The number of alkyl halides is 3. The standard InChI is InChI=1S/C12H16F3NO3/c1-17-10-4-2-3-9(5-6-16)11(10)18-7-8-19-12(13,14)15/h2-4H,5-8,16H2,1H3. The zero-order valence-corrected chi connectivity index (χ0v) is 10.5. The minimum atomic E-state index is -4.65. The highest BCUT2D eigenvalue weighted by atomic mass is 19.4. The first-order valence-electron chi connectivity index (χ1n) is 5.67. The Bertz CT molecular complexity index is 396. The van der Waals surface area contributed by atoms with E-state index >= 15 is 0 Å². The third-order valence-electron chi connectivity index (χ3n) is 2.29. The summed E-state index contributed by atoms with van der Waals surface area (Å²) < 4.78 is 49.5. The molecule has 4 nitrogen and oxygen atoms in total. The summed E-state index contributed by atoms with van der Waals surface area (Å²) in [6.45, 7) is -0.399. The zero-order valence-electron chi connectivity index (χ0n) is 10.5. The number of rotatable bonds is 7. The Morgan fingerprint density at radius 1 is 1.21 bits per heavy atom. The van der Waals surface area contributed by atoms with E-state index < -0.39 is 13.0 Å². The van der Waals surface area contributed by atoms with Crippen LogP contribution >= 0.6 is 0 Å². The van der Waals surface area contributed by atoms with Gasteiger partial charge in [0.05, 0.1) is 13.7 Å². The molecule has 0 radical (unpaired) electrons. The van der Waals surface area contributed by atoms with Crippen molar-refractivity contribution in [2.75, 3.05) is 26.9 Å². The number of hydrogen-bond acceptors (Lipinski definition) is 4. The Morgan fingerprint density at radius 3 is 2.53 bits per heavy atom. The Kier molecular flexibility index (Phi) is 5.91. The topological polar surface area (TPSA) is 53.7 Å². The molecule has 0 spiro atoms. The van der Waals surface area contributed by atoms with E-state index in [1.165, 1.54) is 7.11 Å². The second kappa shape index (κ2) is 7.20. The summed E-state index contributed by atoms with van der Waals surface area (Å²) in [6, 6.07) is 5.22. The SMILES string of the molecule is COc1cccc(CCN)c1OCCOC(F)(F)F. The van der Waals surface area contributed by atoms with Gasteiger partial charge in [-0.05, 0) is 24.6 Å². The summed E-state index contributed by atoms with van der Waals surface area (Å²) in [4.78, 5) is 0. The van der Waals surface area contributed by atoms with Crippen molar-refractivity contribution < 1.29 is 27.4 Å². The predicted octanol–water partition coefficient (Wildman–Crippen LogP) is 2.11. The summed E-state index contributed by atoms with van der Waals surface area (Å²) in [5.74, 6) is 0.860. The van der Waals surface area contributed by atoms with E-state index in [2.05, 4.69) is 4.74 Å². The van der Waals surface area contributed by atoms with Crippen LogP contribution in [0.4, 0.5) is 13.2 Å². The molecule has 1 rings (SSSR count). The first kappa shape index (κ1) is 15.6. The summed E-state index contributed by atoms with van der Waals surface area (Å²) in [5, 5.41) is 0. The quantitative estimate of drug-likeness (QED) is 0.777. The van der Waals surface area contributed by atoms with Gasteiger partial charge >= 0.3 is 6.36 Å². The second-order valence-corrected chi connectivity index (χ2v) is 3.63. The van der Waals surface area contributed by atoms with E-state index in [1.807, 2.05) is 0 Å². The number of nitrogens with two attached hydrogens (primary N) is 1. The fraction of sp³-hybridized carbons (Fsp3) is 0.500. The molecule has 0 amide bonds. The van der Waals surface area contributed by atoms with Gasteiger partial charge in [-0.1, -0.05) is 12.1 Å². The predicted molar refractivity (Wildman–Crippen MR) is 63.3 cm³/mol. The molecule has 0 heterocycles. The van der Waals surface area contributed by atoms with Gasteiger partial charge in [0.15, 0.2) is 11.5 Å². The fourth-order valence-corrected chi connectivity index (χ4v) is 1.54. The molecular weight excluding hydrogens is 263 g/mol. The van der Waals surface area contributed by atoms with E-state index in [0.29, 0.717) is 24.5 Å². The summed E-state index contributed by atoms with van der Waals surface area (Å²) in [7, 11) is 1.46. The average Bonchev–Trinajstić information content (AvgIpc) is 2.35. The van der Waals surface area contributed by atoms with Crippen molar-refractivity contribution in [2.24, 2.45) is 5.73 Å². The summed E-state index contributed by atoms with van der Waals surface area (Å²) in [5.41, 5.74) is 6.25. The highest BCUT2D eigenvalue weighted by molar-refractivity contribution is 5.46. The molecule has 0 unspecified atom stereocenters. The van der Waals surface area contributed by atoms with Crippen molar-refractivity contribution in [1.82, 2.24) is 0 Å². The van der Waals surface area contributed by atoms with E-state index in [-0.39, 0.29) is 6.61 Å². The van der Waals surface area contributed by atoms with Gasteiger partial charge in [0.2, 0.25) is 0 Å². The van der Waals surface area contributed by atoms with Gasteiger partial charge in [0.25, 0.3) is 0 Å². The molecule has 0 fully saturated rings. The summed E-state index contributed by atoms with van der Waals surface area (Å²) in [6.07, 6.45) is -4.10. The van der Waals surface area contributed by atoms with Crippen molar-refractivity contribution in [3.8, 4) is 11.5 Å². The molecule has 108 valence electrons. The Hall–Kier alpha value is -1.47. The van der Waals surface area contributed by atoms with Gasteiger partial charge in [-0.25, -0.2) is 0 Å². The minimum Gasteiger partial charge on any atom is -0.493 e. The van der Waals surface area contributed by atoms with Crippen LogP contribution < -0.4 is 15.2 Å². The highest BCUT2D eigenvalue weighted by Gasteiger charge is 2.28. The van der Waals surface area contributed by atoms with Crippen molar-refractivity contribution in [3.05, 3.63) is 23.8 Å². The molecule has 0 aliphatic rings. The van der Waals surface area contributed by atoms with Crippen LogP contribution in [0.5, 0.6) is 11.5 Å². The largest absolute Gasteiger partial charge is 0.522 e. The number of para-hydroxylation sites is 1. The molecule has 0 bridgehead atoms. The average molecular weight is 279 g/mol. The van der Waals surface area contributed by atoms with Crippen LogP contribution in [0.2, 0.25) is 0 Å². The molecule has 0 saturated heterocycles. The number of benzene rings is 1. The van der Waals surface area contributed by atoms with Crippen LogP contribution in [-0.2, 0) is 11.2 Å². The first-order chi connectivity index (χ1) is 8.98. The second-order valence-electron chi connectivity index (χ2n) is 3.63. The van der Waals surface area contributed by atoms with Crippen LogP contribution in [0, 0.1) is 0 Å². The van der Waals surface area contributed by atoms with Crippen LogP contribution in [-0.4, -0.2) is 33.2 Å². The van der Waals surface area contributed by atoms with Gasteiger partial charge in [-0.15, -0.1) is 13.2 Å². The van der Waals surface area contributed by atoms with Gasteiger partial charge < -0.3 is 15.2 Å². The molecule has 1 aromatic carbocycles. The van der Waals surface area contributed by atoms with Crippen LogP contribution in [0.25, 0.3) is 0 Å². The molecule has 19 heavy (non-hydrogen) atoms. The van der Waals surface area contributed by atoms with E-state index in [9.17, 15) is 13.2 Å². The van der Waals surface area contributed by atoms with Crippen molar-refractivity contribution in [3.63, 3.8) is 0 Å². The zero-order chi connectivity index (χ0) is 14.3. The number of hydrogen-bond donors (Lipinski definition) is 1. The lowest BCUT2D eigenvalue weighted by atomic mass is 10.1. The molecule has 0 aromatic heterocycles. The highest BCUT2D eigenvalue weighted by Crippen LogP contribution is 2.31. The van der Waals surface area contributed by atoms with Gasteiger partial charge in [-0.2, -0.15) is 0 Å². The Morgan fingerprint density at radius 2 is 1.95 bits per heavy atom. The van der Waals surface area contributed by atoms with Gasteiger partial charge in [0.1, 0.15) is 6.61 Å². The Labute approximate surface area is 109 Å². The lowest BCUT2D eigenvalue weighted by Crippen LogP contribution is -2.18. The lowest BCUT2D eigenvalue weighted by Gasteiger charge is -2.15. The van der Waals surface area contributed by atoms with E-state index in [4.69, 9.17) is 15.2 Å². The molecule has 0 aliphatic carbocycles. The minimum absolute atomic E-state index is 0.225. The molecule has 0 aliphatic heterocycles. The molecule has 1 aromatic rings. The van der Waals surface area contributed by atoms with Crippen LogP contribution in [0.15, 0.2) is 18.2 Å². The number of ether oxygens (including phenoxy) is 3. The first-order valence-corrected chi connectivity index (χ1v) is 5.67. The fourth-order valence-electron chi connectivity index (χ4n) is 1.54. The molecular formula is C12H16F3NO3. The van der Waals surface area contributed by atoms with Crippen molar-refractivity contribution in [2.45, 2.75) is 12.8 Å². The number of halogens is 3. The van der Waals surface area contributed by atoms with Crippen LogP contribution in [0.1, 0.15) is 5.56 Å². The maximum Gasteiger partial charge on any atom is 0.522 e. The third-order valence-corrected chi connectivity index (χ3v) is 2.29. The van der Waals surface area contributed by atoms with E-state index in [1.54, 1.807) is 18.2 Å². The molecule has 0 saturated carbocycles. The van der Waals surface area contributed by atoms with E-state index in [0.717, 1.165) is 5.56 Å². The summed E-state index contributed by atoms with van der Waals surface area (Å²) >= 11 is 0. The third kappa shape index (κ3) is 5.35. The van der Waals surface area contributed by atoms with Gasteiger partial charge in [0, 0.05) is 0 Å². The maximum absolute atomic E-state index is 11.8. The van der Waals surface area contributed by atoms with Gasteiger partial charge in [-0.3, -0.25) is 4.74 Å². The number of methoxy groups -OCH3 is 1. The molecule has 7 heteroatoms. The monoisotopic (exact) mass is 279 g/mol. The van der Waals surface area contributed by atoms with Crippen LogP contribution in [0.3, 0.4) is 0 Å². The van der Waals surface area contributed by atoms with Crippen molar-refractivity contribution in [1.29, 1.82) is 0 Å².